The summed E-state index contributed by atoms with van der Waals surface area (Å²) in [6.45, 7) is 0. The van der Waals surface area contributed by atoms with Crippen LogP contribution in [0.3, 0.4) is 0 Å². The van der Waals surface area contributed by atoms with Crippen LogP contribution in [0.1, 0.15) is 28.2 Å². The zero-order valence-corrected chi connectivity index (χ0v) is 15.2. The monoisotopic (exact) mass is 414 g/mol. The molecule has 3 aromatic rings. The fourth-order valence-electron chi connectivity index (χ4n) is 3.25. The minimum Gasteiger partial charge on any atom is -0.692 e. The number of carboxylic acids is 1. The summed E-state index contributed by atoms with van der Waals surface area (Å²) >= 11 is 0. The molecule has 30 heavy (non-hydrogen) atoms. The van der Waals surface area contributed by atoms with Gasteiger partial charge in [-0.1, -0.05) is 12.1 Å². The van der Waals surface area contributed by atoms with Gasteiger partial charge in [0.2, 0.25) is 5.69 Å². The number of hydrogen-bond donors (Lipinski definition) is 2. The number of aldehydes is 1. The Balaban J connectivity index is 1.74. The molecule has 0 aliphatic heterocycles. The van der Waals surface area contributed by atoms with Crippen LogP contribution in [0.5, 0.6) is 0 Å². The summed E-state index contributed by atoms with van der Waals surface area (Å²) in [4.78, 5) is 36.2. The van der Waals surface area contributed by atoms with E-state index >= 15 is 0 Å². The molecule has 2 N–H and O–H groups in total. The Morgan fingerprint density at radius 1 is 1.27 bits per heavy atom. The molecular weight excluding hydrogens is 400 g/mol. The summed E-state index contributed by atoms with van der Waals surface area (Å²) in [7, 11) is 0. The number of hydrogen-bond acceptors (Lipinski definition) is 8. The highest BCUT2D eigenvalue weighted by Crippen LogP contribution is 2.27. The molecule has 0 unspecified atom stereocenters. The zero-order chi connectivity index (χ0) is 21.4. The van der Waals surface area contributed by atoms with E-state index in [9.17, 15) is 24.8 Å². The fraction of sp³-hybridized carbons (Fsp3) is 0.235. The van der Waals surface area contributed by atoms with Crippen molar-refractivity contribution in [3.8, 4) is 17.1 Å². The molecule has 4 rings (SSSR count). The van der Waals surface area contributed by atoms with E-state index in [4.69, 9.17) is 5.11 Å². The number of fused-ring (bicyclic) bond motifs is 3. The first-order valence-corrected chi connectivity index (χ1v) is 8.78. The van der Waals surface area contributed by atoms with Gasteiger partial charge in [-0.25, -0.2) is 0 Å². The van der Waals surface area contributed by atoms with Gasteiger partial charge in [-0.2, -0.15) is 0 Å². The van der Waals surface area contributed by atoms with Gasteiger partial charge in [-0.15, -0.1) is 4.85 Å². The molecule has 1 aliphatic rings. The normalized spacial score (nSPS) is 13.2. The lowest BCUT2D eigenvalue weighted by Gasteiger charge is -2.13. The molecule has 13 heteroatoms. The topological polar surface area (TPSA) is 181 Å². The smallest absolute Gasteiger partial charge is 0.305 e. The first kappa shape index (κ1) is 19.0. The van der Waals surface area contributed by atoms with Crippen molar-refractivity contribution < 1.29 is 33.9 Å². The summed E-state index contributed by atoms with van der Waals surface area (Å²) in [5, 5.41) is 43.5. The number of carbonyl (C=O) groups excluding carboxylic acids is 2. The second-order valence-electron chi connectivity index (χ2n) is 6.51. The van der Waals surface area contributed by atoms with E-state index in [1.165, 1.54) is 12.1 Å². The van der Waals surface area contributed by atoms with Gasteiger partial charge in [-0.3, -0.25) is 14.2 Å². The Kier molecular flexibility index (Phi) is 4.62. The predicted octanol–water partition coefficient (Wildman–Crippen LogP) is -1.34. The number of aromatic nitrogens is 5. The molecule has 154 valence electrons. The van der Waals surface area contributed by atoms with Crippen molar-refractivity contribution in [1.82, 2.24) is 20.4 Å². The Bertz CT molecular complexity index is 1170. The molecule has 1 amide bonds. The standard InChI is InChI=1S/C17H14N6O7/c24-8-9(7-14(25)26)18-17(27)10-3-1-2-4-11(10)21-19-15-12(22(21)28)5-6-13-16(15)20-30-23(13)29/h1-4,8-9H,5-7H2,(H,18,27)(H,25,26)/t9-/m0/s1. The fourth-order valence-corrected chi connectivity index (χ4v) is 3.25. The number of amides is 1. The number of carbonyl (C=O) groups is 3. The zero-order valence-electron chi connectivity index (χ0n) is 15.2. The van der Waals surface area contributed by atoms with Crippen molar-refractivity contribution in [3.05, 3.63) is 51.6 Å². The summed E-state index contributed by atoms with van der Waals surface area (Å²) in [6, 6.07) is 4.75. The molecular formula is C17H14N6O7. The average molecular weight is 414 g/mol. The molecule has 1 atom stereocenters. The van der Waals surface area contributed by atoms with Crippen molar-refractivity contribution in [2.75, 3.05) is 0 Å². The molecule has 2 heterocycles. The van der Waals surface area contributed by atoms with Gasteiger partial charge in [0.25, 0.3) is 5.91 Å². The van der Waals surface area contributed by atoms with E-state index in [-0.39, 0.29) is 51.8 Å². The maximum absolute atomic E-state index is 12.8. The number of rotatable bonds is 6. The number of carboxylic acid groups (broad SMARTS) is 1. The molecule has 0 saturated carbocycles. The molecule has 1 aliphatic carbocycles. The van der Waals surface area contributed by atoms with Crippen LogP contribution in [-0.2, 0) is 22.4 Å². The third-order valence-electron chi connectivity index (χ3n) is 4.63. The van der Waals surface area contributed by atoms with Crippen molar-refractivity contribution in [2.24, 2.45) is 0 Å². The Hall–Kier alpha value is -4.29. The molecule has 0 radical (unpaired) electrons. The molecule has 13 nitrogen and oxygen atoms in total. The van der Waals surface area contributed by atoms with Gasteiger partial charge in [-0.05, 0) is 21.8 Å². The maximum atomic E-state index is 12.8. The number of nitrogens with zero attached hydrogens (tertiary/aromatic N) is 5. The van der Waals surface area contributed by atoms with E-state index in [1.807, 2.05) is 0 Å². The van der Waals surface area contributed by atoms with Crippen LogP contribution in [0.15, 0.2) is 28.9 Å². The molecule has 0 fully saturated rings. The molecule has 1 aromatic carbocycles. The third kappa shape index (κ3) is 3.11. The number of para-hydroxylation sites is 1. The van der Waals surface area contributed by atoms with Gasteiger partial charge >= 0.3 is 17.4 Å². The van der Waals surface area contributed by atoms with Gasteiger partial charge in [0, 0.05) is 12.8 Å². The van der Waals surface area contributed by atoms with E-state index in [0.29, 0.717) is 11.1 Å². The number of nitrogens with one attached hydrogen (secondary N) is 1. The van der Waals surface area contributed by atoms with Gasteiger partial charge in [0.05, 0.1) is 28.3 Å². The van der Waals surface area contributed by atoms with Gasteiger partial charge in [0.15, 0.2) is 5.69 Å². The van der Waals surface area contributed by atoms with Crippen LogP contribution in [0, 0.1) is 10.4 Å². The first-order valence-electron chi connectivity index (χ1n) is 8.78. The largest absolute Gasteiger partial charge is 0.692 e. The summed E-state index contributed by atoms with van der Waals surface area (Å²) in [6.07, 6.45) is 0.190. The van der Waals surface area contributed by atoms with E-state index in [1.54, 1.807) is 12.1 Å². The van der Waals surface area contributed by atoms with Crippen LogP contribution in [0.4, 0.5) is 0 Å². The molecule has 0 spiro atoms. The molecule has 2 aromatic heterocycles. The summed E-state index contributed by atoms with van der Waals surface area (Å²) in [5.74, 6) is -2.01. The predicted molar refractivity (Wildman–Crippen MR) is 94.0 cm³/mol. The lowest BCUT2D eigenvalue weighted by molar-refractivity contribution is -0.808. The quantitative estimate of drug-likeness (QED) is 0.280. The van der Waals surface area contributed by atoms with E-state index in [0.717, 1.165) is 4.80 Å². The SMILES string of the molecule is O=C[C@H](CC(=O)O)NC(=O)c1ccccc1-n1nc2c([n+]1[O-])CCc1c-2no[n+]1[O-]. The van der Waals surface area contributed by atoms with Crippen molar-refractivity contribution in [3.63, 3.8) is 0 Å². The van der Waals surface area contributed by atoms with Crippen LogP contribution < -0.4 is 15.1 Å². The highest BCUT2D eigenvalue weighted by atomic mass is 16.8. The van der Waals surface area contributed by atoms with E-state index in [2.05, 4.69) is 20.2 Å². The number of aliphatic carboxylic acids is 1. The van der Waals surface area contributed by atoms with Crippen molar-refractivity contribution in [1.29, 1.82) is 0 Å². The summed E-state index contributed by atoms with van der Waals surface area (Å²) in [5.41, 5.74) is 0.915. The number of benzene rings is 1. The van der Waals surface area contributed by atoms with Crippen LogP contribution in [0.2, 0.25) is 0 Å². The molecule has 0 saturated heterocycles. The van der Waals surface area contributed by atoms with E-state index < -0.39 is 24.3 Å². The highest BCUT2D eigenvalue weighted by Gasteiger charge is 2.39. The Morgan fingerprint density at radius 2 is 2.00 bits per heavy atom. The average Bonchev–Trinajstić information content (AvgIpc) is 3.27. The van der Waals surface area contributed by atoms with Crippen molar-refractivity contribution >= 4 is 18.2 Å². The minimum absolute atomic E-state index is 0.00143. The lowest BCUT2D eigenvalue weighted by Crippen LogP contribution is -2.43. The third-order valence-corrected chi connectivity index (χ3v) is 4.63. The Labute approximate surface area is 167 Å². The molecule has 0 bridgehead atoms. The maximum Gasteiger partial charge on any atom is 0.305 e. The minimum atomic E-state index is -1.25. The van der Waals surface area contributed by atoms with Gasteiger partial charge < -0.3 is 25.6 Å². The first-order chi connectivity index (χ1) is 14.4. The second kappa shape index (κ2) is 7.27. The lowest BCUT2D eigenvalue weighted by atomic mass is 10.0. The highest BCUT2D eigenvalue weighted by molar-refractivity contribution is 5.99. The van der Waals surface area contributed by atoms with Gasteiger partial charge in [0.1, 0.15) is 12.0 Å². The van der Waals surface area contributed by atoms with Crippen LogP contribution >= 0.6 is 0 Å². The van der Waals surface area contributed by atoms with Crippen LogP contribution in [-0.4, -0.2) is 44.4 Å². The van der Waals surface area contributed by atoms with Crippen molar-refractivity contribution in [2.45, 2.75) is 25.3 Å². The second-order valence-corrected chi connectivity index (χ2v) is 6.51. The Morgan fingerprint density at radius 3 is 2.73 bits per heavy atom. The van der Waals surface area contributed by atoms with Crippen LogP contribution in [0.25, 0.3) is 17.1 Å². The summed E-state index contributed by atoms with van der Waals surface area (Å²) < 4.78 is 4.58.